The highest BCUT2D eigenvalue weighted by atomic mass is 16.5. The summed E-state index contributed by atoms with van der Waals surface area (Å²) in [7, 11) is 4.64. The highest BCUT2D eigenvalue weighted by Crippen LogP contribution is 2.38. The van der Waals surface area contributed by atoms with Crippen molar-refractivity contribution in [3.63, 3.8) is 0 Å². The van der Waals surface area contributed by atoms with Crippen LogP contribution in [0.25, 0.3) is 0 Å². The number of hydrogen-bond donors (Lipinski definition) is 2. The Morgan fingerprint density at radius 3 is 2.16 bits per heavy atom. The molecule has 0 spiro atoms. The van der Waals surface area contributed by atoms with Gasteiger partial charge in [-0.3, -0.25) is 4.79 Å². The summed E-state index contributed by atoms with van der Waals surface area (Å²) >= 11 is 0. The van der Waals surface area contributed by atoms with Crippen molar-refractivity contribution in [3.8, 4) is 17.2 Å². The number of carbonyl (C=O) groups is 1. The van der Waals surface area contributed by atoms with Crippen LogP contribution in [0.3, 0.4) is 0 Å². The molecule has 0 radical (unpaired) electrons. The monoisotopic (exact) mass is 269 g/mol. The van der Waals surface area contributed by atoms with Crippen LogP contribution in [0.15, 0.2) is 12.1 Å². The van der Waals surface area contributed by atoms with E-state index in [1.165, 1.54) is 0 Å². The molecule has 0 aliphatic heterocycles. The van der Waals surface area contributed by atoms with Crippen LogP contribution in [0.2, 0.25) is 0 Å². The van der Waals surface area contributed by atoms with Gasteiger partial charge in [-0.15, -0.1) is 0 Å². The molecule has 0 saturated carbocycles. The minimum absolute atomic E-state index is 0.396. The molecule has 0 unspecified atom stereocenters. The van der Waals surface area contributed by atoms with Gasteiger partial charge in [0, 0.05) is 6.54 Å². The van der Waals surface area contributed by atoms with E-state index < -0.39 is 12.5 Å². The van der Waals surface area contributed by atoms with Gasteiger partial charge in [0.15, 0.2) is 11.5 Å². The van der Waals surface area contributed by atoms with E-state index in [0.717, 1.165) is 5.56 Å². The first-order chi connectivity index (χ1) is 9.15. The fourth-order valence-electron chi connectivity index (χ4n) is 1.68. The third kappa shape index (κ3) is 4.03. The predicted molar refractivity (Wildman–Crippen MR) is 69.9 cm³/mol. The van der Waals surface area contributed by atoms with E-state index >= 15 is 0 Å². The lowest BCUT2D eigenvalue weighted by molar-refractivity contribution is -0.123. The van der Waals surface area contributed by atoms with Crippen LogP contribution in [-0.2, 0) is 11.2 Å². The van der Waals surface area contributed by atoms with E-state index in [-0.39, 0.29) is 0 Å². The first kappa shape index (κ1) is 15.1. The van der Waals surface area contributed by atoms with E-state index in [2.05, 4.69) is 5.32 Å². The number of nitrogens with one attached hydrogen (secondary N) is 1. The Bertz CT molecular complexity index is 408. The number of aliphatic hydroxyl groups excluding tert-OH is 1. The third-order valence-corrected chi connectivity index (χ3v) is 2.60. The average Bonchev–Trinajstić information content (AvgIpc) is 2.45. The maximum atomic E-state index is 10.9. The number of benzene rings is 1. The minimum atomic E-state index is -0.505. The van der Waals surface area contributed by atoms with Gasteiger partial charge in [-0.2, -0.15) is 0 Å². The molecular weight excluding hydrogens is 250 g/mol. The molecule has 6 nitrogen and oxygen atoms in total. The first-order valence-electron chi connectivity index (χ1n) is 5.82. The molecule has 0 heterocycles. The van der Waals surface area contributed by atoms with Crippen molar-refractivity contribution in [3.05, 3.63) is 17.7 Å². The number of methoxy groups -OCH3 is 3. The normalized spacial score (nSPS) is 9.89. The maximum Gasteiger partial charge on any atom is 0.245 e. The molecule has 1 aromatic rings. The molecule has 19 heavy (non-hydrogen) atoms. The van der Waals surface area contributed by atoms with Crippen molar-refractivity contribution in [2.24, 2.45) is 0 Å². The van der Waals surface area contributed by atoms with Crippen molar-refractivity contribution in [1.82, 2.24) is 5.32 Å². The van der Waals surface area contributed by atoms with Crippen LogP contribution in [-0.4, -0.2) is 45.5 Å². The van der Waals surface area contributed by atoms with Crippen LogP contribution in [0, 0.1) is 0 Å². The fourth-order valence-corrected chi connectivity index (χ4v) is 1.68. The lowest BCUT2D eigenvalue weighted by Gasteiger charge is -2.14. The highest BCUT2D eigenvalue weighted by Gasteiger charge is 2.13. The summed E-state index contributed by atoms with van der Waals surface area (Å²) in [5.41, 5.74) is 0.938. The molecule has 1 aromatic carbocycles. The molecule has 0 atom stereocenters. The van der Waals surface area contributed by atoms with Crippen molar-refractivity contribution < 1.29 is 24.1 Å². The molecular formula is C13H19NO5. The molecule has 0 saturated heterocycles. The van der Waals surface area contributed by atoms with Gasteiger partial charge in [-0.1, -0.05) is 0 Å². The number of amides is 1. The van der Waals surface area contributed by atoms with Crippen LogP contribution in [0.5, 0.6) is 17.2 Å². The summed E-state index contributed by atoms with van der Waals surface area (Å²) in [4.78, 5) is 10.9. The summed E-state index contributed by atoms with van der Waals surface area (Å²) in [6.07, 6.45) is 0.600. The van der Waals surface area contributed by atoms with E-state index in [4.69, 9.17) is 19.3 Å². The zero-order chi connectivity index (χ0) is 14.3. The number of ether oxygens (including phenoxy) is 3. The molecule has 1 rings (SSSR count). The topological polar surface area (TPSA) is 77.0 Å². The maximum absolute atomic E-state index is 10.9. The summed E-state index contributed by atoms with van der Waals surface area (Å²) in [6, 6.07) is 3.65. The van der Waals surface area contributed by atoms with Gasteiger partial charge >= 0.3 is 0 Å². The minimum Gasteiger partial charge on any atom is -0.493 e. The van der Waals surface area contributed by atoms with Crippen LogP contribution in [0.4, 0.5) is 0 Å². The lowest BCUT2D eigenvalue weighted by Crippen LogP contribution is -2.28. The van der Waals surface area contributed by atoms with Crippen LogP contribution < -0.4 is 19.5 Å². The second-order valence-corrected chi connectivity index (χ2v) is 3.79. The lowest BCUT2D eigenvalue weighted by atomic mass is 10.1. The standard InChI is InChI=1S/C13H19NO5/c1-17-10-6-9(4-5-14-12(16)8-15)7-11(18-2)13(10)19-3/h6-7,15H,4-5,8H2,1-3H3,(H,14,16). The molecule has 2 N–H and O–H groups in total. The second-order valence-electron chi connectivity index (χ2n) is 3.79. The first-order valence-corrected chi connectivity index (χ1v) is 5.82. The van der Waals surface area contributed by atoms with E-state index in [1.807, 2.05) is 12.1 Å². The number of hydrogen-bond acceptors (Lipinski definition) is 5. The van der Waals surface area contributed by atoms with Gasteiger partial charge in [0.2, 0.25) is 11.7 Å². The van der Waals surface area contributed by atoms with Crippen molar-refractivity contribution >= 4 is 5.91 Å². The number of carbonyl (C=O) groups excluding carboxylic acids is 1. The fraction of sp³-hybridized carbons (Fsp3) is 0.462. The molecule has 0 fully saturated rings. The number of rotatable bonds is 7. The Balaban J connectivity index is 2.81. The Morgan fingerprint density at radius 2 is 1.74 bits per heavy atom. The Morgan fingerprint density at radius 1 is 1.16 bits per heavy atom. The quantitative estimate of drug-likeness (QED) is 0.747. The molecule has 106 valence electrons. The van der Waals surface area contributed by atoms with Gasteiger partial charge in [0.05, 0.1) is 21.3 Å². The van der Waals surface area contributed by atoms with Gasteiger partial charge in [0.25, 0.3) is 0 Å². The van der Waals surface area contributed by atoms with Crippen LogP contribution >= 0.6 is 0 Å². The molecule has 0 aromatic heterocycles. The highest BCUT2D eigenvalue weighted by molar-refractivity contribution is 5.76. The summed E-state index contributed by atoms with van der Waals surface area (Å²) in [5.74, 6) is 1.29. The summed E-state index contributed by atoms with van der Waals surface area (Å²) < 4.78 is 15.7. The largest absolute Gasteiger partial charge is 0.493 e. The van der Waals surface area contributed by atoms with Crippen LogP contribution in [0.1, 0.15) is 5.56 Å². The molecule has 1 amide bonds. The molecule has 0 bridgehead atoms. The Labute approximate surface area is 112 Å². The van der Waals surface area contributed by atoms with Gasteiger partial charge in [0.1, 0.15) is 6.61 Å². The van der Waals surface area contributed by atoms with Gasteiger partial charge in [-0.25, -0.2) is 0 Å². The molecule has 0 aliphatic rings. The Hall–Kier alpha value is -1.95. The van der Waals surface area contributed by atoms with Gasteiger partial charge < -0.3 is 24.6 Å². The zero-order valence-corrected chi connectivity index (χ0v) is 11.4. The zero-order valence-electron chi connectivity index (χ0n) is 11.4. The summed E-state index contributed by atoms with van der Waals surface area (Å²) in [5, 5.41) is 11.2. The SMILES string of the molecule is COc1cc(CCNC(=O)CO)cc(OC)c1OC. The molecule has 6 heteroatoms. The predicted octanol–water partition coefficient (Wildman–Crippen LogP) is 0.363. The van der Waals surface area contributed by atoms with E-state index in [0.29, 0.717) is 30.2 Å². The summed E-state index contributed by atoms with van der Waals surface area (Å²) in [6.45, 7) is -0.0761. The van der Waals surface area contributed by atoms with Crippen molar-refractivity contribution in [1.29, 1.82) is 0 Å². The average molecular weight is 269 g/mol. The number of aliphatic hydroxyl groups is 1. The van der Waals surface area contributed by atoms with Crippen molar-refractivity contribution in [2.45, 2.75) is 6.42 Å². The third-order valence-electron chi connectivity index (χ3n) is 2.60. The smallest absolute Gasteiger partial charge is 0.245 e. The Kier molecular flexibility index (Phi) is 5.95. The van der Waals surface area contributed by atoms with E-state index in [9.17, 15) is 4.79 Å². The van der Waals surface area contributed by atoms with E-state index in [1.54, 1.807) is 21.3 Å². The second kappa shape index (κ2) is 7.48. The van der Waals surface area contributed by atoms with Gasteiger partial charge in [-0.05, 0) is 24.1 Å². The molecule has 0 aliphatic carbocycles. The van der Waals surface area contributed by atoms with Crippen molar-refractivity contribution in [2.75, 3.05) is 34.5 Å².